The Kier molecular flexibility index (Phi) is 4.09. The van der Waals surface area contributed by atoms with Crippen LogP contribution in [0.4, 0.5) is 0 Å². The van der Waals surface area contributed by atoms with Gasteiger partial charge in [-0.2, -0.15) is 12.6 Å². The average molecular weight is 201 g/mol. The molecule has 1 heterocycles. The van der Waals surface area contributed by atoms with E-state index in [2.05, 4.69) is 36.8 Å². The van der Waals surface area contributed by atoms with E-state index in [1.807, 2.05) is 0 Å². The molecule has 0 radical (unpaired) electrons. The predicted molar refractivity (Wildman–Crippen MR) is 58.4 cm³/mol. The van der Waals surface area contributed by atoms with Crippen molar-refractivity contribution in [1.29, 1.82) is 0 Å². The molecule has 3 heteroatoms. The second-order valence-electron chi connectivity index (χ2n) is 3.16. The summed E-state index contributed by atoms with van der Waals surface area (Å²) in [5, 5.41) is 3.42. The molecule has 1 aromatic heterocycles. The Morgan fingerprint density at radius 3 is 2.83 bits per heavy atom. The smallest absolute Gasteiger partial charge is 0.0953 e. The predicted octanol–water partition coefficient (Wildman–Crippen LogP) is 3.13. The lowest BCUT2D eigenvalue weighted by Crippen LogP contribution is -1.89. The molecule has 0 aliphatic carbocycles. The average Bonchev–Trinajstić information content (AvgIpc) is 2.48. The van der Waals surface area contributed by atoms with E-state index < -0.39 is 0 Å². The van der Waals surface area contributed by atoms with Crippen LogP contribution < -0.4 is 0 Å². The van der Waals surface area contributed by atoms with E-state index >= 15 is 0 Å². The van der Waals surface area contributed by atoms with Crippen LogP contribution in [-0.4, -0.2) is 10.7 Å². The molecule has 0 atom stereocenters. The number of nitrogens with zero attached hydrogens (tertiary/aromatic N) is 1. The van der Waals surface area contributed by atoms with Crippen LogP contribution in [-0.2, 0) is 6.42 Å². The molecule has 12 heavy (non-hydrogen) atoms. The van der Waals surface area contributed by atoms with Gasteiger partial charge >= 0.3 is 0 Å². The van der Waals surface area contributed by atoms with E-state index in [1.165, 1.54) is 10.7 Å². The summed E-state index contributed by atoms with van der Waals surface area (Å²) < 4.78 is 0. The van der Waals surface area contributed by atoms with Crippen molar-refractivity contribution in [3.63, 3.8) is 0 Å². The fraction of sp³-hybridized carbons (Fsp3) is 0.667. The molecule has 0 N–H and O–H groups in total. The van der Waals surface area contributed by atoms with Crippen molar-refractivity contribution in [2.75, 3.05) is 5.75 Å². The van der Waals surface area contributed by atoms with E-state index in [9.17, 15) is 0 Å². The van der Waals surface area contributed by atoms with Gasteiger partial charge in [0.05, 0.1) is 10.7 Å². The highest BCUT2D eigenvalue weighted by Gasteiger charge is 2.04. The lowest BCUT2D eigenvalue weighted by atomic mass is 10.2. The maximum absolute atomic E-state index is 4.53. The summed E-state index contributed by atoms with van der Waals surface area (Å²) in [4.78, 5) is 4.53. The van der Waals surface area contributed by atoms with Crippen molar-refractivity contribution in [3.05, 3.63) is 16.1 Å². The normalized spacial score (nSPS) is 11.0. The van der Waals surface area contributed by atoms with Crippen molar-refractivity contribution >= 4 is 24.0 Å². The second kappa shape index (κ2) is 4.87. The van der Waals surface area contributed by atoms with Gasteiger partial charge in [0.1, 0.15) is 0 Å². The third kappa shape index (κ3) is 2.79. The van der Waals surface area contributed by atoms with Gasteiger partial charge in [-0.25, -0.2) is 4.98 Å². The van der Waals surface area contributed by atoms with E-state index in [-0.39, 0.29) is 0 Å². The molecule has 1 nitrogen and oxygen atoms in total. The van der Waals surface area contributed by atoms with Crippen molar-refractivity contribution in [2.45, 2.75) is 32.6 Å². The third-order valence-corrected chi connectivity index (χ3v) is 3.16. The molecule has 0 amide bonds. The molecular weight excluding hydrogens is 186 g/mol. The van der Waals surface area contributed by atoms with Crippen LogP contribution >= 0.6 is 24.0 Å². The van der Waals surface area contributed by atoms with Gasteiger partial charge in [0, 0.05) is 11.3 Å². The SMILES string of the molecule is CC(C)c1nc(CCCS)cs1. The Bertz CT molecular complexity index is 230. The van der Waals surface area contributed by atoms with Crippen molar-refractivity contribution < 1.29 is 0 Å². The van der Waals surface area contributed by atoms with Crippen LogP contribution in [0.2, 0.25) is 0 Å². The summed E-state index contributed by atoms with van der Waals surface area (Å²) >= 11 is 5.95. The molecular formula is C9H15NS2. The molecule has 0 aliphatic heterocycles. The van der Waals surface area contributed by atoms with Gasteiger partial charge < -0.3 is 0 Å². The summed E-state index contributed by atoms with van der Waals surface area (Å²) in [5.74, 6) is 1.52. The van der Waals surface area contributed by atoms with E-state index in [1.54, 1.807) is 11.3 Å². The zero-order valence-corrected chi connectivity index (χ0v) is 9.29. The Labute approximate surface area is 83.6 Å². The van der Waals surface area contributed by atoms with Crippen LogP contribution in [0.15, 0.2) is 5.38 Å². The molecule has 0 fully saturated rings. The topological polar surface area (TPSA) is 12.9 Å². The highest BCUT2D eigenvalue weighted by molar-refractivity contribution is 7.80. The first kappa shape index (κ1) is 10.1. The van der Waals surface area contributed by atoms with Crippen molar-refractivity contribution in [1.82, 2.24) is 4.98 Å². The molecule has 1 rings (SSSR count). The molecule has 0 bridgehead atoms. The summed E-state index contributed by atoms with van der Waals surface area (Å²) in [6, 6.07) is 0. The maximum atomic E-state index is 4.53. The van der Waals surface area contributed by atoms with Gasteiger partial charge in [0.2, 0.25) is 0 Å². The Morgan fingerprint density at radius 2 is 2.33 bits per heavy atom. The molecule has 0 saturated carbocycles. The molecule has 0 aromatic carbocycles. The largest absolute Gasteiger partial charge is 0.246 e. The van der Waals surface area contributed by atoms with E-state index in [0.717, 1.165) is 18.6 Å². The van der Waals surface area contributed by atoms with Gasteiger partial charge in [-0.15, -0.1) is 11.3 Å². The number of thiazole rings is 1. The Hall–Kier alpha value is -0.0200. The highest BCUT2D eigenvalue weighted by Crippen LogP contribution is 2.19. The lowest BCUT2D eigenvalue weighted by Gasteiger charge is -1.96. The van der Waals surface area contributed by atoms with E-state index in [4.69, 9.17) is 0 Å². The molecule has 68 valence electrons. The minimum Gasteiger partial charge on any atom is -0.246 e. The van der Waals surface area contributed by atoms with Crippen LogP contribution in [0.5, 0.6) is 0 Å². The third-order valence-electron chi connectivity index (χ3n) is 1.65. The van der Waals surface area contributed by atoms with E-state index in [0.29, 0.717) is 5.92 Å². The monoisotopic (exact) mass is 201 g/mol. The Morgan fingerprint density at radius 1 is 1.58 bits per heavy atom. The van der Waals surface area contributed by atoms with Gasteiger partial charge in [0.15, 0.2) is 0 Å². The molecule has 0 spiro atoms. The fourth-order valence-electron chi connectivity index (χ4n) is 0.963. The molecule has 1 aromatic rings. The number of rotatable bonds is 4. The summed E-state index contributed by atoms with van der Waals surface area (Å²) in [6.45, 7) is 4.36. The highest BCUT2D eigenvalue weighted by atomic mass is 32.1. The number of aromatic nitrogens is 1. The number of hydrogen-bond donors (Lipinski definition) is 1. The Balaban J connectivity index is 2.52. The van der Waals surface area contributed by atoms with Crippen LogP contribution in [0.1, 0.15) is 36.9 Å². The number of aryl methyl sites for hydroxylation is 1. The molecule has 0 saturated heterocycles. The maximum Gasteiger partial charge on any atom is 0.0953 e. The van der Waals surface area contributed by atoms with Crippen molar-refractivity contribution in [2.24, 2.45) is 0 Å². The minimum atomic E-state index is 0.569. The van der Waals surface area contributed by atoms with Gasteiger partial charge in [0.25, 0.3) is 0 Å². The first-order valence-corrected chi connectivity index (χ1v) is 5.80. The first-order valence-electron chi connectivity index (χ1n) is 4.29. The van der Waals surface area contributed by atoms with Crippen LogP contribution in [0.25, 0.3) is 0 Å². The summed E-state index contributed by atoms with van der Waals surface area (Å²) in [7, 11) is 0. The standard InChI is InChI=1S/C9H15NS2/c1-7(2)9-10-8(6-12-9)4-3-5-11/h6-7,11H,3-5H2,1-2H3. The van der Waals surface area contributed by atoms with Gasteiger partial charge in [-0.3, -0.25) is 0 Å². The molecule has 0 aliphatic rings. The second-order valence-corrected chi connectivity index (χ2v) is 4.50. The first-order chi connectivity index (χ1) is 5.74. The van der Waals surface area contributed by atoms with Crippen LogP contribution in [0, 0.1) is 0 Å². The van der Waals surface area contributed by atoms with Gasteiger partial charge in [-0.1, -0.05) is 13.8 Å². The molecule has 0 unspecified atom stereocenters. The van der Waals surface area contributed by atoms with Crippen molar-refractivity contribution in [3.8, 4) is 0 Å². The zero-order chi connectivity index (χ0) is 8.97. The quantitative estimate of drug-likeness (QED) is 0.739. The number of hydrogen-bond acceptors (Lipinski definition) is 3. The fourth-order valence-corrected chi connectivity index (χ4v) is 1.99. The van der Waals surface area contributed by atoms with Crippen LogP contribution in [0.3, 0.4) is 0 Å². The van der Waals surface area contributed by atoms with Gasteiger partial charge in [-0.05, 0) is 18.6 Å². The lowest BCUT2D eigenvalue weighted by molar-refractivity contribution is 0.825. The zero-order valence-electron chi connectivity index (χ0n) is 7.58. The minimum absolute atomic E-state index is 0.569. The number of thiol groups is 1. The summed E-state index contributed by atoms with van der Waals surface area (Å²) in [6.07, 6.45) is 2.21. The summed E-state index contributed by atoms with van der Waals surface area (Å²) in [5.41, 5.74) is 1.23.